The highest BCUT2D eigenvalue weighted by Gasteiger charge is 2.28. The first-order valence-corrected chi connectivity index (χ1v) is 10.6. The summed E-state index contributed by atoms with van der Waals surface area (Å²) in [5.74, 6) is 0.226. The molecule has 2 aliphatic heterocycles. The van der Waals surface area contributed by atoms with E-state index < -0.39 is 0 Å². The Morgan fingerprint density at radius 3 is 3.11 bits per heavy atom. The number of likely N-dealkylation sites (tertiary alicyclic amines) is 1. The summed E-state index contributed by atoms with van der Waals surface area (Å²) in [6.45, 7) is 5.34. The zero-order chi connectivity index (χ0) is 19.3. The average Bonchev–Trinajstić information content (AvgIpc) is 3.11. The molecule has 4 rings (SSSR count). The molecular formula is C22H30N4O2. The number of aromatic nitrogens is 3. The zero-order valence-corrected chi connectivity index (χ0v) is 16.8. The number of piperidine rings is 1. The topological polar surface area (TPSA) is 60.2 Å². The largest absolute Gasteiger partial charge is 0.376 e. The van der Waals surface area contributed by atoms with Crippen molar-refractivity contribution in [2.45, 2.75) is 71.1 Å². The maximum atomic E-state index is 13.1. The van der Waals surface area contributed by atoms with Crippen molar-refractivity contribution in [3.63, 3.8) is 0 Å². The van der Waals surface area contributed by atoms with Crippen molar-refractivity contribution in [3.05, 3.63) is 47.0 Å². The fourth-order valence-corrected chi connectivity index (χ4v) is 4.49. The second-order valence-corrected chi connectivity index (χ2v) is 7.78. The molecule has 0 aromatic carbocycles. The fraction of sp³-hybridized carbons (Fsp3) is 0.591. The quantitative estimate of drug-likeness (QED) is 0.768. The summed E-state index contributed by atoms with van der Waals surface area (Å²) in [6.07, 6.45) is 10.1. The van der Waals surface area contributed by atoms with Crippen LogP contribution in [-0.4, -0.2) is 38.7 Å². The van der Waals surface area contributed by atoms with Gasteiger partial charge in [0.25, 0.3) is 0 Å². The molecule has 1 unspecified atom stereocenters. The highest BCUT2D eigenvalue weighted by molar-refractivity contribution is 5.77. The summed E-state index contributed by atoms with van der Waals surface area (Å²) >= 11 is 0. The molecule has 1 fully saturated rings. The third-order valence-electron chi connectivity index (χ3n) is 5.88. The van der Waals surface area contributed by atoms with Crippen molar-refractivity contribution >= 4 is 5.91 Å². The van der Waals surface area contributed by atoms with E-state index >= 15 is 0 Å². The molecule has 1 saturated heterocycles. The van der Waals surface area contributed by atoms with Crippen LogP contribution in [0.2, 0.25) is 0 Å². The highest BCUT2D eigenvalue weighted by atomic mass is 16.5. The van der Waals surface area contributed by atoms with Gasteiger partial charge in [-0.1, -0.05) is 13.0 Å². The van der Waals surface area contributed by atoms with Crippen molar-refractivity contribution in [3.8, 4) is 0 Å². The van der Waals surface area contributed by atoms with E-state index in [1.807, 2.05) is 12.3 Å². The average molecular weight is 383 g/mol. The first-order chi connectivity index (χ1) is 13.8. The van der Waals surface area contributed by atoms with Crippen LogP contribution in [0.15, 0.2) is 24.5 Å². The molecule has 2 aliphatic rings. The van der Waals surface area contributed by atoms with Crippen molar-refractivity contribution < 1.29 is 9.53 Å². The molecule has 1 atom stereocenters. The number of hydrogen-bond donors (Lipinski definition) is 0. The molecule has 6 heteroatoms. The molecule has 4 heterocycles. The fourth-order valence-electron chi connectivity index (χ4n) is 4.49. The van der Waals surface area contributed by atoms with Crippen LogP contribution in [0.5, 0.6) is 0 Å². The Kier molecular flexibility index (Phi) is 6.05. The van der Waals surface area contributed by atoms with Gasteiger partial charge in [0.05, 0.1) is 24.9 Å². The van der Waals surface area contributed by atoms with Gasteiger partial charge >= 0.3 is 0 Å². The monoisotopic (exact) mass is 382 g/mol. The van der Waals surface area contributed by atoms with Gasteiger partial charge in [0.1, 0.15) is 0 Å². The van der Waals surface area contributed by atoms with Crippen LogP contribution in [0.3, 0.4) is 0 Å². The molecule has 0 spiro atoms. The van der Waals surface area contributed by atoms with Crippen molar-refractivity contribution in [1.29, 1.82) is 0 Å². The third-order valence-corrected chi connectivity index (χ3v) is 5.88. The number of rotatable bonds is 6. The Balaban J connectivity index is 1.46. The summed E-state index contributed by atoms with van der Waals surface area (Å²) in [6, 6.07) is 4.20. The molecule has 0 bridgehead atoms. The summed E-state index contributed by atoms with van der Waals surface area (Å²) in [5, 5.41) is 4.83. The maximum Gasteiger partial charge on any atom is 0.223 e. The molecule has 28 heavy (non-hydrogen) atoms. The normalized spacial score (nSPS) is 19.5. The Bertz CT molecular complexity index is 802. The second kappa shape index (κ2) is 8.86. The number of ether oxygens (including phenoxy) is 1. The van der Waals surface area contributed by atoms with Gasteiger partial charge in [-0.15, -0.1) is 0 Å². The van der Waals surface area contributed by atoms with E-state index in [0.29, 0.717) is 19.4 Å². The van der Waals surface area contributed by atoms with Gasteiger partial charge in [-0.2, -0.15) is 5.10 Å². The van der Waals surface area contributed by atoms with Gasteiger partial charge in [0.2, 0.25) is 5.91 Å². The number of fused-ring (bicyclic) bond motifs is 1. The molecule has 0 saturated carbocycles. The van der Waals surface area contributed by atoms with Gasteiger partial charge < -0.3 is 9.64 Å². The predicted octanol–water partition coefficient (Wildman–Crippen LogP) is 3.45. The molecule has 150 valence electrons. The van der Waals surface area contributed by atoms with E-state index in [1.165, 1.54) is 11.3 Å². The van der Waals surface area contributed by atoms with Gasteiger partial charge in [0, 0.05) is 56.0 Å². The number of hydrogen-bond acceptors (Lipinski definition) is 4. The molecule has 1 amide bonds. The molecular weight excluding hydrogens is 352 g/mol. The minimum Gasteiger partial charge on any atom is -0.376 e. The number of pyridine rings is 1. The highest BCUT2D eigenvalue weighted by Crippen LogP contribution is 2.31. The van der Waals surface area contributed by atoms with Crippen molar-refractivity contribution in [1.82, 2.24) is 19.7 Å². The summed E-state index contributed by atoms with van der Waals surface area (Å²) in [5.41, 5.74) is 4.72. The van der Waals surface area contributed by atoms with Crippen LogP contribution in [0.1, 0.15) is 67.6 Å². The zero-order valence-electron chi connectivity index (χ0n) is 16.8. The minimum absolute atomic E-state index is 0.157. The number of nitrogens with zero attached hydrogens (tertiary/aromatic N) is 4. The predicted molar refractivity (Wildman–Crippen MR) is 107 cm³/mol. The third kappa shape index (κ3) is 3.97. The van der Waals surface area contributed by atoms with Crippen molar-refractivity contribution in [2.75, 3.05) is 13.2 Å². The molecule has 2 aromatic rings. The van der Waals surface area contributed by atoms with Crippen LogP contribution in [0.4, 0.5) is 0 Å². The van der Waals surface area contributed by atoms with Gasteiger partial charge in [0.15, 0.2) is 0 Å². The SMILES string of the molecule is CCCn1nc(CCC(=O)N2CCCCC2c2cccnc2)c2c1CCOC2. The van der Waals surface area contributed by atoms with E-state index in [0.717, 1.165) is 63.1 Å². The lowest BCUT2D eigenvalue weighted by atomic mass is 9.95. The minimum atomic E-state index is 0.157. The van der Waals surface area contributed by atoms with Crippen LogP contribution < -0.4 is 0 Å². The van der Waals surface area contributed by atoms with Crippen LogP contribution in [-0.2, 0) is 35.5 Å². The van der Waals surface area contributed by atoms with Crippen LogP contribution in [0, 0.1) is 0 Å². The molecule has 0 radical (unpaired) electrons. The first-order valence-electron chi connectivity index (χ1n) is 10.6. The Hall–Kier alpha value is -2.21. The van der Waals surface area contributed by atoms with E-state index in [2.05, 4.69) is 27.6 Å². The maximum absolute atomic E-state index is 13.1. The summed E-state index contributed by atoms with van der Waals surface area (Å²) < 4.78 is 7.81. The van der Waals surface area contributed by atoms with Gasteiger partial charge in [-0.05, 0) is 37.3 Å². The van der Waals surface area contributed by atoms with E-state index in [9.17, 15) is 4.79 Å². The Morgan fingerprint density at radius 1 is 1.36 bits per heavy atom. The first kappa shape index (κ1) is 19.1. The van der Waals surface area contributed by atoms with E-state index in [1.54, 1.807) is 6.20 Å². The molecule has 0 N–H and O–H groups in total. The smallest absolute Gasteiger partial charge is 0.223 e. The number of aryl methyl sites for hydroxylation is 2. The second-order valence-electron chi connectivity index (χ2n) is 7.78. The summed E-state index contributed by atoms with van der Waals surface area (Å²) in [7, 11) is 0. The molecule has 6 nitrogen and oxygen atoms in total. The number of carbonyl (C=O) groups excluding carboxylic acids is 1. The number of carbonyl (C=O) groups is 1. The summed E-state index contributed by atoms with van der Waals surface area (Å²) in [4.78, 5) is 19.4. The van der Waals surface area contributed by atoms with E-state index in [-0.39, 0.29) is 11.9 Å². The Labute approximate surface area is 166 Å². The van der Waals surface area contributed by atoms with Crippen LogP contribution >= 0.6 is 0 Å². The van der Waals surface area contributed by atoms with E-state index in [4.69, 9.17) is 9.84 Å². The van der Waals surface area contributed by atoms with Crippen LogP contribution in [0.25, 0.3) is 0 Å². The lowest BCUT2D eigenvalue weighted by molar-refractivity contribution is -0.135. The molecule has 0 aliphatic carbocycles. The Morgan fingerprint density at radius 2 is 2.29 bits per heavy atom. The number of amides is 1. The lowest BCUT2D eigenvalue weighted by Gasteiger charge is -2.36. The standard InChI is InChI=1S/C22H30N4O2/c1-2-12-26-21-10-14-28-16-18(21)19(24-26)8-9-22(27)25-13-4-3-7-20(25)17-6-5-11-23-15-17/h5-6,11,15,20H,2-4,7-10,12-14,16H2,1H3. The van der Waals surface area contributed by atoms with Crippen molar-refractivity contribution in [2.24, 2.45) is 0 Å². The van der Waals surface area contributed by atoms with Gasteiger partial charge in [-0.25, -0.2) is 0 Å². The van der Waals surface area contributed by atoms with Gasteiger partial charge in [-0.3, -0.25) is 14.5 Å². The molecule has 2 aromatic heterocycles. The lowest BCUT2D eigenvalue weighted by Crippen LogP contribution is -2.38.